The van der Waals surface area contributed by atoms with Gasteiger partial charge in [0, 0.05) is 19.0 Å². The molecule has 53 heavy (non-hydrogen) atoms. The second kappa shape index (κ2) is 15.5. The van der Waals surface area contributed by atoms with E-state index < -0.39 is 67.3 Å². The van der Waals surface area contributed by atoms with Crippen LogP contribution in [-0.2, 0) is 29.0 Å². The van der Waals surface area contributed by atoms with Gasteiger partial charge in [-0.25, -0.2) is 13.2 Å². The first-order valence-corrected chi connectivity index (χ1v) is 21.6. The number of hydrogen-bond acceptors (Lipinski definition) is 7. The highest BCUT2D eigenvalue weighted by Gasteiger charge is 2.70. The minimum atomic E-state index is -3.58. The van der Waals surface area contributed by atoms with Gasteiger partial charge in [0.1, 0.15) is 12.1 Å². The Morgan fingerprint density at radius 1 is 0.887 bits per heavy atom. The maximum Gasteiger partial charge on any atom is 0.315 e. The molecule has 296 valence electrons. The number of fused-ring (bicyclic) bond motifs is 1. The van der Waals surface area contributed by atoms with Crippen LogP contribution in [0, 0.1) is 35.0 Å². The van der Waals surface area contributed by atoms with E-state index in [-0.39, 0.29) is 47.8 Å². The van der Waals surface area contributed by atoms with E-state index in [1.165, 1.54) is 0 Å². The number of sulfone groups is 1. The molecule has 0 radical (unpaired) electrons. The van der Waals surface area contributed by atoms with Crippen molar-refractivity contribution in [3.05, 3.63) is 0 Å². The minimum absolute atomic E-state index is 0.0470. The highest BCUT2D eigenvalue weighted by Crippen LogP contribution is 2.65. The standard InChI is InChI=1S/C40H63N5O7S/c1-8-9-19-28(31(46)34(48)41-26-17-16-18-26)42-33(47)30-29-27(38(29,5)6)24-45(30)35(49)32(39(7)20-12-10-13-21-39)43-36(50)44-40(22-14-11-15-23-40)25-53(51,52)37(2,3)4/h1,26-30,32H,9-25H2,2-7H3,(H,41,48)(H,42,47)(H2,43,44,50)/t27?,28?,29-,30-,32+/m0/s1. The molecule has 5 aliphatic rings. The van der Waals surface area contributed by atoms with Crippen molar-refractivity contribution in [1.82, 2.24) is 26.2 Å². The zero-order valence-corrected chi connectivity index (χ0v) is 33.6. The summed E-state index contributed by atoms with van der Waals surface area (Å²) in [5, 5.41) is 11.7. The molecule has 0 bridgehead atoms. The molecule has 1 aliphatic heterocycles. The van der Waals surface area contributed by atoms with Crippen molar-refractivity contribution in [3.63, 3.8) is 0 Å². The highest BCUT2D eigenvalue weighted by molar-refractivity contribution is 7.92. The summed E-state index contributed by atoms with van der Waals surface area (Å²) in [6, 6.07) is -3.64. The summed E-state index contributed by atoms with van der Waals surface area (Å²) in [5.41, 5.74) is -1.78. The van der Waals surface area contributed by atoms with Gasteiger partial charge in [-0.2, -0.15) is 0 Å². The van der Waals surface area contributed by atoms with Crippen LogP contribution in [0.2, 0.25) is 0 Å². The summed E-state index contributed by atoms with van der Waals surface area (Å²) in [5.74, 6) is -0.160. The van der Waals surface area contributed by atoms with E-state index in [9.17, 15) is 32.4 Å². The zero-order chi connectivity index (χ0) is 39.0. The van der Waals surface area contributed by atoms with Crippen LogP contribution in [-0.4, -0.2) is 89.6 Å². The van der Waals surface area contributed by atoms with Gasteiger partial charge in [0.2, 0.25) is 17.6 Å². The maximum atomic E-state index is 14.9. The molecule has 12 nitrogen and oxygen atoms in total. The number of hydrogen-bond donors (Lipinski definition) is 4. The van der Waals surface area contributed by atoms with Crippen molar-refractivity contribution in [2.24, 2.45) is 22.7 Å². The molecule has 4 saturated carbocycles. The number of Topliss-reactive ketones (excluding diaryl/α,β-unsaturated/α-hetero) is 1. The molecule has 4 N–H and O–H groups in total. The Morgan fingerprint density at radius 2 is 1.49 bits per heavy atom. The Labute approximate surface area is 316 Å². The lowest BCUT2D eigenvalue weighted by Gasteiger charge is -2.44. The molecule has 2 unspecified atom stereocenters. The predicted octanol–water partition coefficient (Wildman–Crippen LogP) is 4.16. The van der Waals surface area contributed by atoms with Crippen molar-refractivity contribution in [2.75, 3.05) is 12.3 Å². The number of nitrogens with one attached hydrogen (secondary N) is 4. The van der Waals surface area contributed by atoms with E-state index in [2.05, 4.69) is 41.0 Å². The fraction of sp³-hybridized carbons (Fsp3) is 0.825. The van der Waals surface area contributed by atoms with Gasteiger partial charge < -0.3 is 26.2 Å². The largest absolute Gasteiger partial charge is 0.347 e. The lowest BCUT2D eigenvalue weighted by atomic mass is 9.70. The number of amides is 5. The van der Waals surface area contributed by atoms with Crippen LogP contribution in [0.3, 0.4) is 0 Å². The summed E-state index contributed by atoms with van der Waals surface area (Å²) < 4.78 is 25.9. The molecule has 0 spiro atoms. The third kappa shape index (κ3) is 8.73. The van der Waals surface area contributed by atoms with Crippen LogP contribution >= 0.6 is 0 Å². The van der Waals surface area contributed by atoms with Crippen molar-refractivity contribution in [2.45, 2.75) is 172 Å². The van der Waals surface area contributed by atoms with Gasteiger partial charge in [-0.05, 0) is 94.8 Å². The van der Waals surface area contributed by atoms with Crippen LogP contribution in [0.1, 0.15) is 138 Å². The van der Waals surface area contributed by atoms with E-state index in [0.29, 0.717) is 32.2 Å². The van der Waals surface area contributed by atoms with Gasteiger partial charge in [-0.1, -0.05) is 59.3 Å². The first kappa shape index (κ1) is 41.0. The van der Waals surface area contributed by atoms with E-state index >= 15 is 0 Å². The second-order valence-electron chi connectivity index (χ2n) is 18.6. The van der Waals surface area contributed by atoms with Crippen molar-refractivity contribution in [1.29, 1.82) is 0 Å². The first-order chi connectivity index (χ1) is 24.8. The normalized spacial score (nSPS) is 27.1. The molecule has 1 heterocycles. The zero-order valence-electron chi connectivity index (χ0n) is 32.8. The smallest absolute Gasteiger partial charge is 0.315 e. The average molecular weight is 758 g/mol. The highest BCUT2D eigenvalue weighted by atomic mass is 32.2. The molecule has 13 heteroatoms. The number of carbonyl (C=O) groups excluding carboxylic acids is 5. The topological polar surface area (TPSA) is 171 Å². The molecule has 0 aromatic carbocycles. The lowest BCUT2D eigenvalue weighted by molar-refractivity contribution is -0.146. The average Bonchev–Trinajstić information content (AvgIpc) is 3.36. The number of ketones is 1. The van der Waals surface area contributed by atoms with Crippen LogP contribution in [0.25, 0.3) is 0 Å². The van der Waals surface area contributed by atoms with Crippen molar-refractivity contribution < 1.29 is 32.4 Å². The summed E-state index contributed by atoms with van der Waals surface area (Å²) >= 11 is 0. The third-order valence-electron chi connectivity index (χ3n) is 13.4. The second-order valence-corrected chi connectivity index (χ2v) is 21.4. The van der Waals surface area contributed by atoms with E-state index in [4.69, 9.17) is 6.42 Å². The van der Waals surface area contributed by atoms with Gasteiger partial charge in [0.25, 0.3) is 5.91 Å². The molecule has 5 fully saturated rings. The molecule has 5 amide bonds. The van der Waals surface area contributed by atoms with Gasteiger partial charge in [0.05, 0.1) is 22.1 Å². The molecule has 4 aliphatic carbocycles. The monoisotopic (exact) mass is 757 g/mol. The van der Waals surface area contributed by atoms with Gasteiger partial charge in [0.15, 0.2) is 9.84 Å². The van der Waals surface area contributed by atoms with E-state index in [1.54, 1.807) is 25.7 Å². The summed E-state index contributed by atoms with van der Waals surface area (Å²) in [7, 11) is -3.58. The molecule has 0 aromatic heterocycles. The molecule has 0 aromatic rings. The first-order valence-electron chi connectivity index (χ1n) is 20.0. The Kier molecular flexibility index (Phi) is 12.0. The quantitative estimate of drug-likeness (QED) is 0.162. The molecule has 1 saturated heterocycles. The number of rotatable bonds is 13. The fourth-order valence-electron chi connectivity index (χ4n) is 9.40. The Morgan fingerprint density at radius 3 is 2.04 bits per heavy atom. The molecule has 5 atom stereocenters. The maximum absolute atomic E-state index is 14.9. The minimum Gasteiger partial charge on any atom is -0.347 e. The lowest BCUT2D eigenvalue weighted by Crippen LogP contribution is -2.65. The van der Waals surface area contributed by atoms with Crippen LogP contribution in [0.15, 0.2) is 0 Å². The van der Waals surface area contributed by atoms with Gasteiger partial charge >= 0.3 is 6.03 Å². The Balaban J connectivity index is 1.39. The van der Waals surface area contributed by atoms with Crippen LogP contribution in [0.5, 0.6) is 0 Å². The number of terminal acetylenes is 1. The summed E-state index contributed by atoms with van der Waals surface area (Å²) in [6.45, 7) is 11.5. The van der Waals surface area contributed by atoms with Gasteiger partial charge in [-0.3, -0.25) is 19.2 Å². The van der Waals surface area contributed by atoms with Crippen molar-refractivity contribution in [3.8, 4) is 12.3 Å². The van der Waals surface area contributed by atoms with Crippen LogP contribution in [0.4, 0.5) is 4.79 Å². The number of piperidine rings is 1. The van der Waals surface area contributed by atoms with Crippen molar-refractivity contribution >= 4 is 39.4 Å². The molecule has 5 rings (SSSR count). The van der Waals surface area contributed by atoms with E-state index in [1.807, 2.05) is 6.92 Å². The number of nitrogens with zero attached hydrogens (tertiary/aromatic N) is 1. The SMILES string of the molecule is C#CCCC(NC(=O)[C@@H]1[C@@H]2C(CN1C(=O)[C@@H](NC(=O)NC1(CS(=O)(=O)C(C)(C)C)CCCCC1)C1(C)CCCCC1)C2(C)C)C(=O)C(=O)NC1CCC1. The Hall–Kier alpha value is -3.14. The number of carbonyl (C=O) groups is 5. The predicted molar refractivity (Wildman–Crippen MR) is 203 cm³/mol. The summed E-state index contributed by atoms with van der Waals surface area (Å²) in [4.78, 5) is 71.1. The number of likely N-dealkylation sites (tertiary alicyclic amines) is 1. The Bertz CT molecular complexity index is 1580. The van der Waals surface area contributed by atoms with Crippen LogP contribution < -0.4 is 21.3 Å². The molecular weight excluding hydrogens is 695 g/mol. The summed E-state index contributed by atoms with van der Waals surface area (Å²) in [6.07, 6.45) is 16.2. The fourth-order valence-corrected chi connectivity index (χ4v) is 10.9. The number of urea groups is 1. The molecular formula is C40H63N5O7S. The third-order valence-corrected chi connectivity index (χ3v) is 16.2. The van der Waals surface area contributed by atoms with E-state index in [0.717, 1.165) is 57.8 Å². The van der Waals surface area contributed by atoms with Gasteiger partial charge in [-0.15, -0.1) is 12.3 Å².